The van der Waals surface area contributed by atoms with Crippen molar-refractivity contribution in [2.75, 3.05) is 10.6 Å². The molecular weight excluding hydrogens is 323 g/mol. The van der Waals surface area contributed by atoms with Gasteiger partial charge < -0.3 is 10.6 Å². The van der Waals surface area contributed by atoms with Gasteiger partial charge in [0.25, 0.3) is 0 Å². The summed E-state index contributed by atoms with van der Waals surface area (Å²) in [5, 5.41) is 9.54. The Hall–Kier alpha value is -3.48. The molecule has 3 aromatic rings. The third-order valence-corrected chi connectivity index (χ3v) is 3.49. The van der Waals surface area contributed by atoms with Crippen molar-refractivity contribution in [3.63, 3.8) is 0 Å². The van der Waals surface area contributed by atoms with Crippen LogP contribution in [0, 0.1) is 5.82 Å². The Kier molecular flexibility index (Phi) is 4.56. The van der Waals surface area contributed by atoms with Crippen LogP contribution in [-0.4, -0.2) is 22.1 Å². The van der Waals surface area contributed by atoms with Gasteiger partial charge in [0.05, 0.1) is 11.4 Å². The van der Waals surface area contributed by atoms with Gasteiger partial charge in [-0.2, -0.15) is 0 Å². The number of rotatable bonds is 5. The molecule has 25 heavy (non-hydrogen) atoms. The summed E-state index contributed by atoms with van der Waals surface area (Å²) in [7, 11) is 0. The Labute approximate surface area is 143 Å². The number of aromatic nitrogens is 2. The molecule has 0 saturated carbocycles. The second-order valence-electron chi connectivity index (χ2n) is 5.32. The van der Waals surface area contributed by atoms with Crippen molar-refractivity contribution >= 4 is 23.8 Å². The number of hydrogen-bond acceptors (Lipinski definition) is 3. The van der Waals surface area contributed by atoms with Crippen molar-refractivity contribution in [2.45, 2.75) is 6.92 Å². The van der Waals surface area contributed by atoms with Crippen molar-refractivity contribution in [2.24, 2.45) is 0 Å². The molecule has 0 spiro atoms. The predicted molar refractivity (Wildman–Crippen MR) is 92.9 cm³/mol. The molecule has 0 bridgehead atoms. The summed E-state index contributed by atoms with van der Waals surface area (Å²) in [6.07, 6.45) is 0.543. The molecule has 0 fully saturated rings. The summed E-state index contributed by atoms with van der Waals surface area (Å²) in [6.45, 7) is 1.44. The van der Waals surface area contributed by atoms with E-state index >= 15 is 0 Å². The van der Waals surface area contributed by atoms with Crippen LogP contribution in [0.1, 0.15) is 6.92 Å². The van der Waals surface area contributed by atoms with Crippen LogP contribution in [0.25, 0.3) is 16.9 Å². The van der Waals surface area contributed by atoms with Crippen LogP contribution in [0.3, 0.4) is 0 Å². The fourth-order valence-electron chi connectivity index (χ4n) is 2.42. The molecule has 0 radical (unpaired) electrons. The fourth-order valence-corrected chi connectivity index (χ4v) is 2.42. The van der Waals surface area contributed by atoms with Gasteiger partial charge in [-0.1, -0.05) is 12.1 Å². The van der Waals surface area contributed by atoms with E-state index < -0.39 is 0 Å². The summed E-state index contributed by atoms with van der Waals surface area (Å²) < 4.78 is 14.8. The first-order chi connectivity index (χ1) is 12.1. The Morgan fingerprint density at radius 1 is 1.12 bits per heavy atom. The van der Waals surface area contributed by atoms with E-state index in [1.807, 2.05) is 12.1 Å². The van der Waals surface area contributed by atoms with Gasteiger partial charge in [0.15, 0.2) is 5.82 Å². The van der Waals surface area contributed by atoms with Crippen molar-refractivity contribution in [1.82, 2.24) is 9.78 Å². The molecule has 0 aliphatic rings. The molecule has 2 amide bonds. The lowest BCUT2D eigenvalue weighted by molar-refractivity contribution is -0.114. The van der Waals surface area contributed by atoms with Gasteiger partial charge in [-0.05, 0) is 36.4 Å². The Bertz CT molecular complexity index is 902. The van der Waals surface area contributed by atoms with Crippen molar-refractivity contribution < 1.29 is 14.0 Å². The second-order valence-corrected chi connectivity index (χ2v) is 5.32. The molecule has 2 aromatic carbocycles. The largest absolute Gasteiger partial charge is 0.326 e. The fraction of sp³-hybridized carbons (Fsp3) is 0.0556. The highest BCUT2D eigenvalue weighted by molar-refractivity contribution is 5.89. The van der Waals surface area contributed by atoms with E-state index in [1.165, 1.54) is 19.1 Å². The van der Waals surface area contributed by atoms with Crippen LogP contribution in [-0.2, 0) is 9.59 Å². The number of carbonyl (C=O) groups excluding carboxylic acids is 2. The van der Waals surface area contributed by atoms with Crippen LogP contribution in [0.4, 0.5) is 15.9 Å². The first-order valence-corrected chi connectivity index (χ1v) is 7.51. The molecule has 1 aromatic heterocycles. The van der Waals surface area contributed by atoms with Crippen molar-refractivity contribution in [1.29, 1.82) is 0 Å². The van der Waals surface area contributed by atoms with Gasteiger partial charge in [-0.25, -0.2) is 9.07 Å². The normalized spacial score (nSPS) is 10.3. The maximum Gasteiger partial charge on any atom is 0.221 e. The van der Waals surface area contributed by atoms with E-state index in [0.717, 1.165) is 5.56 Å². The molecule has 0 saturated heterocycles. The predicted octanol–water partition coefficient (Wildman–Crippen LogP) is 3.21. The third kappa shape index (κ3) is 3.72. The van der Waals surface area contributed by atoms with Crippen LogP contribution < -0.4 is 10.6 Å². The van der Waals surface area contributed by atoms with Crippen molar-refractivity contribution in [3.05, 3.63) is 60.4 Å². The number of halogens is 1. The maximum atomic E-state index is 13.2. The molecule has 6 nitrogen and oxygen atoms in total. The molecule has 0 unspecified atom stereocenters. The average molecular weight is 338 g/mol. The third-order valence-electron chi connectivity index (χ3n) is 3.49. The zero-order valence-corrected chi connectivity index (χ0v) is 13.4. The van der Waals surface area contributed by atoms with Crippen LogP contribution in [0.15, 0.2) is 54.6 Å². The van der Waals surface area contributed by atoms with Crippen LogP contribution in [0.5, 0.6) is 0 Å². The standard InChI is InChI=1S/C18H15FN4O2/c1-12(25)21-15-6-2-13(3-7-15)17-10-18(20-11-24)22-23(17)16-8-4-14(19)5-9-16/h2-11H,1H3,(H,21,25)(H,20,22,24). The summed E-state index contributed by atoms with van der Waals surface area (Å²) >= 11 is 0. The number of benzene rings is 2. The van der Waals surface area contributed by atoms with Gasteiger partial charge in [0, 0.05) is 24.2 Å². The molecule has 0 aliphatic carbocycles. The Morgan fingerprint density at radius 2 is 1.80 bits per heavy atom. The van der Waals surface area contributed by atoms with E-state index in [1.54, 1.807) is 35.0 Å². The highest BCUT2D eigenvalue weighted by atomic mass is 19.1. The molecule has 3 rings (SSSR count). The van der Waals surface area contributed by atoms with Gasteiger partial charge in [0.2, 0.25) is 12.3 Å². The number of nitrogens with zero attached hydrogens (tertiary/aromatic N) is 2. The van der Waals surface area contributed by atoms with E-state index in [9.17, 15) is 14.0 Å². The van der Waals surface area contributed by atoms with Crippen LogP contribution in [0.2, 0.25) is 0 Å². The number of nitrogens with one attached hydrogen (secondary N) is 2. The monoisotopic (exact) mass is 338 g/mol. The van der Waals surface area contributed by atoms with Crippen molar-refractivity contribution in [3.8, 4) is 16.9 Å². The number of hydrogen-bond donors (Lipinski definition) is 2. The molecule has 0 atom stereocenters. The van der Waals surface area contributed by atoms with Gasteiger partial charge >= 0.3 is 0 Å². The minimum atomic E-state index is -0.344. The molecule has 126 valence electrons. The number of amides is 2. The summed E-state index contributed by atoms with van der Waals surface area (Å²) in [4.78, 5) is 21.8. The molecule has 1 heterocycles. The lowest BCUT2D eigenvalue weighted by atomic mass is 10.1. The van der Waals surface area contributed by atoms with E-state index in [2.05, 4.69) is 15.7 Å². The molecular formula is C18H15FN4O2. The number of anilines is 2. The van der Waals surface area contributed by atoms with E-state index in [4.69, 9.17) is 0 Å². The Balaban J connectivity index is 2.03. The number of carbonyl (C=O) groups is 2. The smallest absolute Gasteiger partial charge is 0.221 e. The zero-order valence-electron chi connectivity index (χ0n) is 13.4. The lowest BCUT2D eigenvalue weighted by Gasteiger charge is -2.08. The van der Waals surface area contributed by atoms with Gasteiger partial charge in [-0.15, -0.1) is 5.10 Å². The summed E-state index contributed by atoms with van der Waals surface area (Å²) in [5.41, 5.74) is 2.87. The Morgan fingerprint density at radius 3 is 2.40 bits per heavy atom. The SMILES string of the molecule is CC(=O)Nc1ccc(-c2cc(NC=O)nn2-c2ccc(F)cc2)cc1. The molecule has 7 heteroatoms. The molecule has 0 aliphatic heterocycles. The first-order valence-electron chi connectivity index (χ1n) is 7.51. The van der Waals surface area contributed by atoms with Crippen LogP contribution >= 0.6 is 0 Å². The lowest BCUT2D eigenvalue weighted by Crippen LogP contribution is -2.05. The minimum absolute atomic E-state index is 0.151. The molecule has 2 N–H and O–H groups in total. The quantitative estimate of drug-likeness (QED) is 0.702. The minimum Gasteiger partial charge on any atom is -0.326 e. The van der Waals surface area contributed by atoms with E-state index in [0.29, 0.717) is 29.3 Å². The maximum absolute atomic E-state index is 13.2. The highest BCUT2D eigenvalue weighted by Gasteiger charge is 2.12. The topological polar surface area (TPSA) is 76.0 Å². The second kappa shape index (κ2) is 6.96. The zero-order chi connectivity index (χ0) is 17.8. The average Bonchev–Trinajstić information content (AvgIpc) is 3.00. The summed E-state index contributed by atoms with van der Waals surface area (Å²) in [6, 6.07) is 14.8. The highest BCUT2D eigenvalue weighted by Crippen LogP contribution is 2.27. The van der Waals surface area contributed by atoms with E-state index in [-0.39, 0.29) is 11.7 Å². The van der Waals surface area contributed by atoms with Gasteiger partial charge in [-0.3, -0.25) is 9.59 Å². The first kappa shape index (κ1) is 16.4. The van der Waals surface area contributed by atoms with Gasteiger partial charge in [0.1, 0.15) is 5.82 Å². The summed E-state index contributed by atoms with van der Waals surface area (Å²) in [5.74, 6) is -0.120.